The van der Waals surface area contributed by atoms with Crippen molar-refractivity contribution in [1.82, 2.24) is 10.3 Å². The van der Waals surface area contributed by atoms with Crippen LogP contribution in [0.25, 0.3) is 22.6 Å². The fourth-order valence-electron chi connectivity index (χ4n) is 5.99. The predicted octanol–water partition coefficient (Wildman–Crippen LogP) is 8.23. The Morgan fingerprint density at radius 1 is 0.667 bits per heavy atom. The number of fused-ring (bicyclic) bond motifs is 1. The molecule has 208 valence electrons. The molecule has 5 aromatic carbocycles. The molecule has 4 nitrogen and oxygen atoms in total. The van der Waals surface area contributed by atoms with Crippen LogP contribution in [-0.4, -0.2) is 18.1 Å². The van der Waals surface area contributed by atoms with Gasteiger partial charge in [-0.25, -0.2) is 4.98 Å². The Labute approximate surface area is 247 Å². The zero-order valence-corrected chi connectivity index (χ0v) is 23.5. The van der Waals surface area contributed by atoms with Crippen LogP contribution in [0, 0.1) is 11.8 Å². The SMILES string of the molecule is c1ccc(C(NCC2CC2COCc2ccc(-c3nc4ccccc4o3)cc2)(c2ccccc2)c2ccccc2)cc1. The molecule has 1 heterocycles. The minimum atomic E-state index is -0.422. The van der Waals surface area contributed by atoms with E-state index in [1.807, 2.05) is 24.3 Å². The van der Waals surface area contributed by atoms with Crippen molar-refractivity contribution >= 4 is 11.1 Å². The summed E-state index contributed by atoms with van der Waals surface area (Å²) >= 11 is 0. The van der Waals surface area contributed by atoms with E-state index in [9.17, 15) is 0 Å². The van der Waals surface area contributed by atoms with Crippen molar-refractivity contribution in [3.05, 3.63) is 162 Å². The Morgan fingerprint density at radius 3 is 1.83 bits per heavy atom. The second kappa shape index (κ2) is 11.8. The zero-order valence-electron chi connectivity index (χ0n) is 23.5. The molecule has 1 fully saturated rings. The molecule has 0 spiro atoms. The van der Waals surface area contributed by atoms with Crippen molar-refractivity contribution in [2.24, 2.45) is 11.8 Å². The lowest BCUT2D eigenvalue weighted by Crippen LogP contribution is -2.45. The van der Waals surface area contributed by atoms with E-state index in [0.717, 1.165) is 35.4 Å². The summed E-state index contributed by atoms with van der Waals surface area (Å²) in [7, 11) is 0. The second-order valence-electron chi connectivity index (χ2n) is 11.2. The van der Waals surface area contributed by atoms with E-state index in [4.69, 9.17) is 9.15 Å². The van der Waals surface area contributed by atoms with Crippen LogP contribution in [0.5, 0.6) is 0 Å². The maximum Gasteiger partial charge on any atom is 0.227 e. The number of aromatic nitrogens is 1. The number of benzene rings is 5. The number of rotatable bonds is 11. The average molecular weight is 551 g/mol. The quantitative estimate of drug-likeness (QED) is 0.165. The first kappa shape index (κ1) is 26.4. The third-order valence-corrected chi connectivity index (χ3v) is 8.41. The molecule has 0 saturated heterocycles. The number of hydrogen-bond donors (Lipinski definition) is 1. The minimum Gasteiger partial charge on any atom is -0.436 e. The van der Waals surface area contributed by atoms with Gasteiger partial charge >= 0.3 is 0 Å². The summed E-state index contributed by atoms with van der Waals surface area (Å²) in [5.74, 6) is 1.80. The molecule has 2 atom stereocenters. The van der Waals surface area contributed by atoms with Gasteiger partial charge in [0.25, 0.3) is 0 Å². The lowest BCUT2D eigenvalue weighted by Gasteiger charge is -2.37. The number of hydrogen-bond acceptors (Lipinski definition) is 4. The molecule has 1 aromatic heterocycles. The summed E-state index contributed by atoms with van der Waals surface area (Å²) in [5, 5.41) is 4.04. The molecule has 1 aliphatic carbocycles. The molecule has 2 unspecified atom stereocenters. The van der Waals surface area contributed by atoms with E-state index in [-0.39, 0.29) is 0 Å². The number of nitrogens with one attached hydrogen (secondary N) is 1. The summed E-state index contributed by atoms with van der Waals surface area (Å²) in [6.07, 6.45) is 1.18. The van der Waals surface area contributed by atoms with Crippen LogP contribution in [0.3, 0.4) is 0 Å². The van der Waals surface area contributed by atoms with Crippen LogP contribution in [0.4, 0.5) is 0 Å². The van der Waals surface area contributed by atoms with Crippen molar-refractivity contribution in [2.75, 3.05) is 13.2 Å². The largest absolute Gasteiger partial charge is 0.436 e. The smallest absolute Gasteiger partial charge is 0.227 e. The van der Waals surface area contributed by atoms with Gasteiger partial charge < -0.3 is 9.15 Å². The van der Waals surface area contributed by atoms with Crippen molar-refractivity contribution in [1.29, 1.82) is 0 Å². The molecule has 0 amide bonds. The van der Waals surface area contributed by atoms with Crippen LogP contribution < -0.4 is 5.32 Å². The van der Waals surface area contributed by atoms with E-state index >= 15 is 0 Å². The Morgan fingerprint density at radius 2 is 1.24 bits per heavy atom. The predicted molar refractivity (Wildman–Crippen MR) is 168 cm³/mol. The lowest BCUT2D eigenvalue weighted by atomic mass is 9.77. The lowest BCUT2D eigenvalue weighted by molar-refractivity contribution is 0.107. The second-order valence-corrected chi connectivity index (χ2v) is 11.2. The van der Waals surface area contributed by atoms with Gasteiger partial charge in [-0.15, -0.1) is 0 Å². The first-order chi connectivity index (χ1) is 20.8. The van der Waals surface area contributed by atoms with Crippen molar-refractivity contribution in [3.8, 4) is 11.5 Å². The first-order valence-electron chi connectivity index (χ1n) is 14.7. The van der Waals surface area contributed by atoms with Gasteiger partial charge in [0.05, 0.1) is 18.8 Å². The summed E-state index contributed by atoms with van der Waals surface area (Å²) in [4.78, 5) is 4.60. The van der Waals surface area contributed by atoms with E-state index in [2.05, 4.69) is 126 Å². The molecule has 1 aliphatic rings. The summed E-state index contributed by atoms with van der Waals surface area (Å²) in [6.45, 7) is 2.30. The minimum absolute atomic E-state index is 0.422. The van der Waals surface area contributed by atoms with Crippen LogP contribution in [0.2, 0.25) is 0 Å². The van der Waals surface area contributed by atoms with Gasteiger partial charge in [0.1, 0.15) is 5.52 Å². The fraction of sp³-hybridized carbons (Fsp3) is 0.184. The van der Waals surface area contributed by atoms with Gasteiger partial charge in [-0.3, -0.25) is 5.32 Å². The molecular formula is C38H34N2O2. The van der Waals surface area contributed by atoms with E-state index < -0.39 is 5.54 Å². The topological polar surface area (TPSA) is 47.3 Å². The monoisotopic (exact) mass is 550 g/mol. The molecule has 0 aliphatic heterocycles. The van der Waals surface area contributed by atoms with Crippen molar-refractivity contribution in [3.63, 3.8) is 0 Å². The highest BCUT2D eigenvalue weighted by molar-refractivity contribution is 5.76. The Hall–Kier alpha value is -4.51. The number of ether oxygens (including phenoxy) is 1. The summed E-state index contributed by atoms with van der Waals surface area (Å²) in [5.41, 5.74) is 7.13. The highest BCUT2D eigenvalue weighted by Crippen LogP contribution is 2.42. The van der Waals surface area contributed by atoms with Crippen LogP contribution >= 0.6 is 0 Å². The maximum atomic E-state index is 6.19. The number of para-hydroxylation sites is 2. The van der Waals surface area contributed by atoms with Crippen molar-refractivity contribution < 1.29 is 9.15 Å². The first-order valence-corrected chi connectivity index (χ1v) is 14.7. The molecule has 42 heavy (non-hydrogen) atoms. The van der Waals surface area contributed by atoms with Gasteiger partial charge in [0, 0.05) is 5.56 Å². The standard InChI is InChI=1S/C38H34N2O2/c1-4-12-32(13-5-1)38(33-14-6-2-7-15-33,34-16-8-3-9-17-34)39-25-30-24-31(30)27-41-26-28-20-22-29(23-21-28)37-40-35-18-10-11-19-36(35)42-37/h1-23,30-31,39H,24-27H2. The van der Waals surface area contributed by atoms with Crippen LogP contribution in [-0.2, 0) is 16.9 Å². The Kier molecular flexibility index (Phi) is 7.40. The van der Waals surface area contributed by atoms with E-state index in [0.29, 0.717) is 24.3 Å². The zero-order chi connectivity index (χ0) is 28.2. The fourth-order valence-corrected chi connectivity index (χ4v) is 5.99. The van der Waals surface area contributed by atoms with Gasteiger partial charge in [-0.2, -0.15) is 0 Å². The molecule has 1 N–H and O–H groups in total. The summed E-state index contributed by atoms with van der Waals surface area (Å²) in [6, 6.07) is 48.6. The normalized spacial score (nSPS) is 16.5. The van der Waals surface area contributed by atoms with Crippen molar-refractivity contribution in [2.45, 2.75) is 18.6 Å². The van der Waals surface area contributed by atoms with Gasteiger partial charge in [0.15, 0.2) is 5.58 Å². The van der Waals surface area contributed by atoms with Gasteiger partial charge in [0.2, 0.25) is 5.89 Å². The maximum absolute atomic E-state index is 6.19. The highest BCUT2D eigenvalue weighted by atomic mass is 16.5. The van der Waals surface area contributed by atoms with E-state index in [1.54, 1.807) is 0 Å². The highest BCUT2D eigenvalue weighted by Gasteiger charge is 2.41. The van der Waals surface area contributed by atoms with Crippen LogP contribution in [0.15, 0.2) is 144 Å². The molecular weight excluding hydrogens is 516 g/mol. The molecule has 7 rings (SSSR count). The molecule has 0 radical (unpaired) electrons. The molecule has 1 saturated carbocycles. The number of nitrogens with zero attached hydrogens (tertiary/aromatic N) is 1. The Balaban J connectivity index is 0.992. The average Bonchev–Trinajstić information content (AvgIpc) is 3.66. The van der Waals surface area contributed by atoms with Crippen LogP contribution in [0.1, 0.15) is 28.7 Å². The third-order valence-electron chi connectivity index (χ3n) is 8.41. The summed E-state index contributed by atoms with van der Waals surface area (Å²) < 4.78 is 12.1. The molecule has 4 heteroatoms. The third kappa shape index (κ3) is 5.39. The Bertz CT molecular complexity index is 1600. The molecule has 6 aromatic rings. The van der Waals surface area contributed by atoms with Gasteiger partial charge in [-0.1, -0.05) is 115 Å². The molecule has 0 bridgehead atoms. The number of oxazole rings is 1. The van der Waals surface area contributed by atoms with E-state index in [1.165, 1.54) is 23.1 Å². The van der Waals surface area contributed by atoms with Gasteiger partial charge in [-0.05, 0) is 71.3 Å².